The molecule has 0 bridgehead atoms. The molecule has 0 aliphatic carbocycles. The number of hydrogen-bond donors (Lipinski definition) is 1. The Morgan fingerprint density at radius 2 is 1.78 bits per heavy atom. The van der Waals surface area contributed by atoms with E-state index in [0.717, 1.165) is 5.69 Å². The Morgan fingerprint density at radius 1 is 1.17 bits per heavy atom. The second-order valence-electron chi connectivity index (χ2n) is 4.22. The SMILES string of the molecule is Cc1ccc(N(C)c2cc(F)c(I)cc2N)cc1. The van der Waals surface area contributed by atoms with Crippen LogP contribution in [0.15, 0.2) is 36.4 Å². The number of nitrogens with two attached hydrogens (primary N) is 1. The zero-order chi connectivity index (χ0) is 13.3. The number of anilines is 3. The lowest BCUT2D eigenvalue weighted by Crippen LogP contribution is -2.12. The van der Waals surface area contributed by atoms with E-state index in [1.54, 1.807) is 6.07 Å². The number of halogens is 2. The van der Waals surface area contributed by atoms with E-state index in [0.29, 0.717) is 14.9 Å². The first kappa shape index (κ1) is 13.1. The molecule has 0 aliphatic rings. The summed E-state index contributed by atoms with van der Waals surface area (Å²) in [5, 5.41) is 0. The van der Waals surface area contributed by atoms with Gasteiger partial charge < -0.3 is 10.6 Å². The monoisotopic (exact) mass is 356 g/mol. The maximum Gasteiger partial charge on any atom is 0.138 e. The largest absolute Gasteiger partial charge is 0.397 e. The maximum atomic E-state index is 13.6. The van der Waals surface area contributed by atoms with Gasteiger partial charge in [-0.3, -0.25) is 0 Å². The molecule has 0 amide bonds. The van der Waals surface area contributed by atoms with Gasteiger partial charge in [-0.2, -0.15) is 0 Å². The van der Waals surface area contributed by atoms with Gasteiger partial charge in [-0.1, -0.05) is 17.7 Å². The number of rotatable bonds is 2. The van der Waals surface area contributed by atoms with Gasteiger partial charge in [0, 0.05) is 18.8 Å². The number of nitrogens with zero attached hydrogens (tertiary/aromatic N) is 1. The van der Waals surface area contributed by atoms with Crippen LogP contribution >= 0.6 is 22.6 Å². The average Bonchev–Trinajstić information content (AvgIpc) is 2.34. The highest BCUT2D eigenvalue weighted by Crippen LogP contribution is 2.31. The first-order valence-corrected chi connectivity index (χ1v) is 6.62. The zero-order valence-electron chi connectivity index (χ0n) is 10.2. The van der Waals surface area contributed by atoms with E-state index in [-0.39, 0.29) is 5.82 Å². The third kappa shape index (κ3) is 2.58. The average molecular weight is 356 g/mol. The Bertz CT molecular complexity index is 567. The van der Waals surface area contributed by atoms with Crippen LogP contribution in [0.5, 0.6) is 0 Å². The molecule has 0 radical (unpaired) electrons. The molecule has 2 aromatic rings. The summed E-state index contributed by atoms with van der Waals surface area (Å²) in [5.74, 6) is -0.251. The van der Waals surface area contributed by atoms with Crippen molar-refractivity contribution in [3.8, 4) is 0 Å². The van der Waals surface area contributed by atoms with Crippen LogP contribution in [0.1, 0.15) is 5.56 Å². The Kier molecular flexibility index (Phi) is 3.75. The van der Waals surface area contributed by atoms with E-state index in [9.17, 15) is 4.39 Å². The highest BCUT2D eigenvalue weighted by Gasteiger charge is 2.11. The first-order valence-electron chi connectivity index (χ1n) is 5.54. The van der Waals surface area contributed by atoms with Crippen molar-refractivity contribution in [3.05, 3.63) is 51.3 Å². The van der Waals surface area contributed by atoms with Crippen molar-refractivity contribution >= 4 is 39.7 Å². The Morgan fingerprint density at radius 3 is 2.39 bits per heavy atom. The highest BCUT2D eigenvalue weighted by molar-refractivity contribution is 14.1. The van der Waals surface area contributed by atoms with Crippen LogP contribution in [0.3, 0.4) is 0 Å². The Labute approximate surface area is 120 Å². The number of hydrogen-bond acceptors (Lipinski definition) is 2. The molecule has 0 aliphatic heterocycles. The quantitative estimate of drug-likeness (QED) is 0.649. The topological polar surface area (TPSA) is 29.3 Å². The Balaban J connectivity index is 2.42. The first-order chi connectivity index (χ1) is 8.49. The van der Waals surface area contributed by atoms with Crippen molar-refractivity contribution < 1.29 is 4.39 Å². The predicted molar refractivity (Wildman–Crippen MR) is 82.8 cm³/mol. The molecule has 0 spiro atoms. The molecule has 0 fully saturated rings. The minimum Gasteiger partial charge on any atom is -0.397 e. The van der Waals surface area contributed by atoms with Crippen LogP contribution in [0.25, 0.3) is 0 Å². The predicted octanol–water partition coefficient (Wildman–Crippen LogP) is 4.09. The summed E-state index contributed by atoms with van der Waals surface area (Å²) in [6.07, 6.45) is 0. The van der Waals surface area contributed by atoms with Gasteiger partial charge in [0.15, 0.2) is 0 Å². The van der Waals surface area contributed by atoms with E-state index in [2.05, 4.69) is 0 Å². The smallest absolute Gasteiger partial charge is 0.138 e. The van der Waals surface area contributed by atoms with Crippen LogP contribution in [0.2, 0.25) is 0 Å². The Hall–Kier alpha value is -1.30. The molecule has 94 valence electrons. The van der Waals surface area contributed by atoms with Crippen molar-refractivity contribution in [1.82, 2.24) is 0 Å². The number of benzene rings is 2. The van der Waals surface area contributed by atoms with Gasteiger partial charge in [-0.05, 0) is 47.7 Å². The molecule has 0 aromatic heterocycles. The fourth-order valence-electron chi connectivity index (χ4n) is 1.75. The second-order valence-corrected chi connectivity index (χ2v) is 5.38. The maximum absolute atomic E-state index is 13.6. The van der Waals surface area contributed by atoms with Crippen LogP contribution in [-0.4, -0.2) is 7.05 Å². The fraction of sp³-hybridized carbons (Fsp3) is 0.143. The van der Waals surface area contributed by atoms with Gasteiger partial charge in [0.05, 0.1) is 14.9 Å². The molecule has 18 heavy (non-hydrogen) atoms. The van der Waals surface area contributed by atoms with E-state index in [1.165, 1.54) is 11.6 Å². The van der Waals surface area contributed by atoms with Gasteiger partial charge in [-0.15, -0.1) is 0 Å². The summed E-state index contributed by atoms with van der Waals surface area (Å²) < 4.78 is 14.1. The van der Waals surface area contributed by atoms with Gasteiger partial charge >= 0.3 is 0 Å². The molecular formula is C14H14FIN2. The summed E-state index contributed by atoms with van der Waals surface area (Å²) in [6, 6.07) is 11.1. The second kappa shape index (κ2) is 5.14. The van der Waals surface area contributed by atoms with Crippen LogP contribution < -0.4 is 10.6 Å². The molecule has 0 atom stereocenters. The van der Waals surface area contributed by atoms with Gasteiger partial charge in [-0.25, -0.2) is 4.39 Å². The van der Waals surface area contributed by atoms with Crippen LogP contribution in [0, 0.1) is 16.3 Å². The van der Waals surface area contributed by atoms with Gasteiger partial charge in [0.25, 0.3) is 0 Å². The van der Waals surface area contributed by atoms with Gasteiger partial charge in [0.1, 0.15) is 5.82 Å². The number of aryl methyl sites for hydroxylation is 1. The van der Waals surface area contributed by atoms with Gasteiger partial charge in [0.2, 0.25) is 0 Å². The third-order valence-electron chi connectivity index (χ3n) is 2.85. The number of nitrogen functional groups attached to an aromatic ring is 1. The van der Waals surface area contributed by atoms with Crippen LogP contribution in [0.4, 0.5) is 21.5 Å². The van der Waals surface area contributed by atoms with E-state index >= 15 is 0 Å². The van der Waals surface area contributed by atoms with Crippen molar-refractivity contribution in [2.24, 2.45) is 0 Å². The molecule has 4 heteroatoms. The molecule has 0 saturated carbocycles. The molecule has 0 heterocycles. The highest BCUT2D eigenvalue weighted by atomic mass is 127. The molecular weight excluding hydrogens is 342 g/mol. The van der Waals surface area contributed by atoms with E-state index < -0.39 is 0 Å². The van der Waals surface area contributed by atoms with Crippen LogP contribution in [-0.2, 0) is 0 Å². The minimum absolute atomic E-state index is 0.251. The zero-order valence-corrected chi connectivity index (χ0v) is 12.4. The molecule has 2 aromatic carbocycles. The fourth-order valence-corrected chi connectivity index (χ4v) is 2.24. The van der Waals surface area contributed by atoms with Crippen molar-refractivity contribution in [2.75, 3.05) is 17.7 Å². The molecule has 0 unspecified atom stereocenters. The third-order valence-corrected chi connectivity index (χ3v) is 3.68. The molecule has 2 N–H and O–H groups in total. The lowest BCUT2D eigenvalue weighted by Gasteiger charge is -2.21. The molecule has 2 nitrogen and oxygen atoms in total. The standard InChI is InChI=1S/C14H14FIN2/c1-9-3-5-10(6-4-9)18(2)14-7-11(15)12(16)8-13(14)17/h3-8H,17H2,1-2H3. The van der Waals surface area contributed by atoms with E-state index in [4.69, 9.17) is 5.73 Å². The molecule has 0 saturated heterocycles. The van der Waals surface area contributed by atoms with Crippen molar-refractivity contribution in [3.63, 3.8) is 0 Å². The lowest BCUT2D eigenvalue weighted by atomic mass is 10.2. The van der Waals surface area contributed by atoms with Crippen molar-refractivity contribution in [1.29, 1.82) is 0 Å². The normalized spacial score (nSPS) is 10.4. The van der Waals surface area contributed by atoms with Crippen molar-refractivity contribution in [2.45, 2.75) is 6.92 Å². The summed E-state index contributed by atoms with van der Waals surface area (Å²) in [5.41, 5.74) is 9.36. The minimum atomic E-state index is -0.251. The summed E-state index contributed by atoms with van der Waals surface area (Å²) in [4.78, 5) is 1.88. The molecule has 2 rings (SSSR count). The lowest BCUT2D eigenvalue weighted by molar-refractivity contribution is 0.620. The summed E-state index contributed by atoms with van der Waals surface area (Å²) in [7, 11) is 1.88. The summed E-state index contributed by atoms with van der Waals surface area (Å²) >= 11 is 1.94. The summed E-state index contributed by atoms with van der Waals surface area (Å²) in [6.45, 7) is 2.03. The van der Waals surface area contributed by atoms with E-state index in [1.807, 2.05) is 65.7 Å².